The van der Waals surface area contributed by atoms with Crippen LogP contribution in [0.3, 0.4) is 0 Å². The summed E-state index contributed by atoms with van der Waals surface area (Å²) in [7, 11) is 0. The van der Waals surface area contributed by atoms with Gasteiger partial charge >= 0.3 is 0 Å². The number of ether oxygens (including phenoxy) is 1. The molecule has 24 heavy (non-hydrogen) atoms. The molecule has 3 heterocycles. The van der Waals surface area contributed by atoms with E-state index in [-0.39, 0.29) is 5.82 Å². The number of halogens is 1. The number of pyridine rings is 2. The molecule has 4 rings (SSSR count). The normalized spacial score (nSPS) is 10.9. The number of benzene rings is 1. The van der Waals surface area contributed by atoms with Crippen molar-refractivity contribution in [3.63, 3.8) is 0 Å². The molecule has 1 aromatic carbocycles. The monoisotopic (exact) mass is 354 g/mol. The van der Waals surface area contributed by atoms with Crippen molar-refractivity contribution >= 4 is 33.3 Å². The van der Waals surface area contributed by atoms with Crippen LogP contribution in [0.5, 0.6) is 11.5 Å². The van der Waals surface area contributed by atoms with Crippen molar-refractivity contribution in [3.05, 3.63) is 72.3 Å². The predicted molar refractivity (Wildman–Crippen MR) is 94.5 cm³/mol. The SMILES string of the molecule is Fc1ccc(Oc2cncc(Sc3ccnc4ccsc34)c2)cc1. The molecule has 0 N–H and O–H groups in total. The first-order valence-electron chi connectivity index (χ1n) is 7.16. The minimum Gasteiger partial charge on any atom is -0.456 e. The molecule has 0 aliphatic rings. The molecule has 0 radical (unpaired) electrons. The first-order valence-corrected chi connectivity index (χ1v) is 8.86. The summed E-state index contributed by atoms with van der Waals surface area (Å²) < 4.78 is 19.8. The maximum absolute atomic E-state index is 13.0. The maximum Gasteiger partial charge on any atom is 0.146 e. The standard InChI is InChI=1S/C18H11FN2OS2/c19-12-1-3-13(4-2-12)22-14-9-15(11-20-10-14)24-17-5-7-21-16-6-8-23-18(16)17/h1-11H. The number of aromatic nitrogens is 2. The Morgan fingerprint density at radius 2 is 1.88 bits per heavy atom. The molecule has 3 aromatic heterocycles. The molecule has 4 aromatic rings. The van der Waals surface area contributed by atoms with Gasteiger partial charge in [-0.05, 0) is 47.8 Å². The van der Waals surface area contributed by atoms with Crippen LogP contribution in [0.2, 0.25) is 0 Å². The van der Waals surface area contributed by atoms with Gasteiger partial charge in [-0.2, -0.15) is 0 Å². The molecule has 0 amide bonds. The van der Waals surface area contributed by atoms with Gasteiger partial charge < -0.3 is 4.74 Å². The molecule has 0 spiro atoms. The van der Waals surface area contributed by atoms with E-state index in [9.17, 15) is 4.39 Å². The molecule has 0 saturated carbocycles. The van der Waals surface area contributed by atoms with Crippen LogP contribution in [0.15, 0.2) is 76.2 Å². The van der Waals surface area contributed by atoms with E-state index in [4.69, 9.17) is 4.74 Å². The van der Waals surface area contributed by atoms with Crippen LogP contribution < -0.4 is 4.74 Å². The lowest BCUT2D eigenvalue weighted by atomic mass is 10.3. The molecular formula is C18H11FN2OS2. The molecule has 118 valence electrons. The summed E-state index contributed by atoms with van der Waals surface area (Å²) in [5, 5.41) is 2.04. The van der Waals surface area contributed by atoms with Crippen molar-refractivity contribution < 1.29 is 9.13 Å². The van der Waals surface area contributed by atoms with Crippen LogP contribution in [0.25, 0.3) is 10.2 Å². The highest BCUT2D eigenvalue weighted by atomic mass is 32.2. The average Bonchev–Trinajstić information content (AvgIpc) is 3.07. The number of thiophene rings is 1. The fourth-order valence-corrected chi connectivity index (χ4v) is 4.10. The zero-order chi connectivity index (χ0) is 16.4. The second kappa shape index (κ2) is 6.59. The van der Waals surface area contributed by atoms with Gasteiger partial charge in [-0.3, -0.25) is 9.97 Å². The molecule has 0 aliphatic heterocycles. The second-order valence-corrected chi connectivity index (χ2v) is 6.99. The summed E-state index contributed by atoms with van der Waals surface area (Å²) in [5.74, 6) is 0.899. The van der Waals surface area contributed by atoms with Crippen LogP contribution in [-0.2, 0) is 0 Å². The van der Waals surface area contributed by atoms with Gasteiger partial charge in [0.25, 0.3) is 0 Å². The Morgan fingerprint density at radius 1 is 1.00 bits per heavy atom. The van der Waals surface area contributed by atoms with E-state index in [1.165, 1.54) is 12.1 Å². The molecule has 6 heteroatoms. The van der Waals surface area contributed by atoms with E-state index < -0.39 is 0 Å². The minimum absolute atomic E-state index is 0.289. The summed E-state index contributed by atoms with van der Waals surface area (Å²) in [6.45, 7) is 0. The summed E-state index contributed by atoms with van der Waals surface area (Å²) in [4.78, 5) is 10.7. The van der Waals surface area contributed by atoms with Crippen LogP contribution in [-0.4, -0.2) is 9.97 Å². The minimum atomic E-state index is -0.289. The molecule has 0 unspecified atom stereocenters. The van der Waals surface area contributed by atoms with Crippen molar-refractivity contribution in [1.82, 2.24) is 9.97 Å². The summed E-state index contributed by atoms with van der Waals surface area (Å²) >= 11 is 3.29. The van der Waals surface area contributed by atoms with Gasteiger partial charge in [-0.1, -0.05) is 11.8 Å². The van der Waals surface area contributed by atoms with E-state index in [0.717, 1.165) is 20.0 Å². The van der Waals surface area contributed by atoms with E-state index in [1.807, 2.05) is 29.8 Å². The molecular weight excluding hydrogens is 343 g/mol. The van der Waals surface area contributed by atoms with Crippen molar-refractivity contribution in [2.75, 3.05) is 0 Å². The first kappa shape index (κ1) is 15.1. The molecule has 0 aliphatic carbocycles. The lowest BCUT2D eigenvalue weighted by Crippen LogP contribution is -1.87. The smallest absolute Gasteiger partial charge is 0.146 e. The highest BCUT2D eigenvalue weighted by Crippen LogP contribution is 2.36. The quantitative estimate of drug-likeness (QED) is 0.466. The lowest BCUT2D eigenvalue weighted by molar-refractivity contribution is 0.476. The van der Waals surface area contributed by atoms with Crippen molar-refractivity contribution in [2.24, 2.45) is 0 Å². The number of nitrogens with zero attached hydrogens (tertiary/aromatic N) is 2. The molecule has 0 fully saturated rings. The third-order valence-corrected chi connectivity index (χ3v) is 5.36. The maximum atomic E-state index is 13.0. The van der Waals surface area contributed by atoms with Crippen LogP contribution in [0.4, 0.5) is 4.39 Å². The highest BCUT2D eigenvalue weighted by Gasteiger charge is 2.07. The third kappa shape index (κ3) is 3.25. The van der Waals surface area contributed by atoms with E-state index >= 15 is 0 Å². The topological polar surface area (TPSA) is 35.0 Å². The Bertz CT molecular complexity index is 986. The van der Waals surface area contributed by atoms with Gasteiger partial charge in [0, 0.05) is 22.2 Å². The van der Waals surface area contributed by atoms with Gasteiger partial charge in [-0.25, -0.2) is 4.39 Å². The number of rotatable bonds is 4. The fraction of sp³-hybridized carbons (Fsp3) is 0. The zero-order valence-electron chi connectivity index (χ0n) is 12.3. The van der Waals surface area contributed by atoms with Crippen LogP contribution in [0, 0.1) is 5.82 Å². The Labute approximate surface area is 146 Å². The number of hydrogen-bond donors (Lipinski definition) is 0. The zero-order valence-corrected chi connectivity index (χ0v) is 14.0. The van der Waals surface area contributed by atoms with Crippen molar-refractivity contribution in [2.45, 2.75) is 9.79 Å². The molecule has 0 saturated heterocycles. The number of fused-ring (bicyclic) bond motifs is 1. The number of hydrogen-bond acceptors (Lipinski definition) is 5. The van der Waals surface area contributed by atoms with Gasteiger partial charge in [0.1, 0.15) is 17.3 Å². The van der Waals surface area contributed by atoms with Gasteiger partial charge in [0.05, 0.1) is 16.4 Å². The molecule has 3 nitrogen and oxygen atoms in total. The Kier molecular flexibility index (Phi) is 4.15. The predicted octanol–water partition coefficient (Wildman–Crippen LogP) is 5.77. The molecule has 0 bridgehead atoms. The van der Waals surface area contributed by atoms with Gasteiger partial charge in [0.2, 0.25) is 0 Å². The Hall–Kier alpha value is -2.44. The Balaban J connectivity index is 1.58. The van der Waals surface area contributed by atoms with Crippen molar-refractivity contribution in [1.29, 1.82) is 0 Å². The summed E-state index contributed by atoms with van der Waals surface area (Å²) in [6.07, 6.45) is 5.24. The second-order valence-electron chi connectivity index (χ2n) is 4.96. The first-order chi connectivity index (χ1) is 11.8. The van der Waals surface area contributed by atoms with Crippen molar-refractivity contribution in [3.8, 4) is 11.5 Å². The van der Waals surface area contributed by atoms with E-state index in [0.29, 0.717) is 11.5 Å². The third-order valence-electron chi connectivity index (χ3n) is 3.27. The average molecular weight is 354 g/mol. The van der Waals surface area contributed by atoms with Crippen LogP contribution in [0.1, 0.15) is 0 Å². The lowest BCUT2D eigenvalue weighted by Gasteiger charge is -2.07. The largest absolute Gasteiger partial charge is 0.456 e. The summed E-state index contributed by atoms with van der Waals surface area (Å²) in [5.41, 5.74) is 0.997. The van der Waals surface area contributed by atoms with E-state index in [2.05, 4.69) is 9.97 Å². The summed E-state index contributed by atoms with van der Waals surface area (Å²) in [6, 6.07) is 11.8. The van der Waals surface area contributed by atoms with Gasteiger partial charge in [-0.15, -0.1) is 11.3 Å². The Morgan fingerprint density at radius 3 is 2.75 bits per heavy atom. The highest BCUT2D eigenvalue weighted by molar-refractivity contribution is 7.99. The fourth-order valence-electron chi connectivity index (χ4n) is 2.21. The molecule has 0 atom stereocenters. The van der Waals surface area contributed by atoms with Crippen LogP contribution >= 0.6 is 23.1 Å². The van der Waals surface area contributed by atoms with E-state index in [1.54, 1.807) is 47.6 Å². The van der Waals surface area contributed by atoms with Gasteiger partial charge in [0.15, 0.2) is 0 Å².